The zero-order valence-electron chi connectivity index (χ0n) is 19.3. The highest BCUT2D eigenvalue weighted by atomic mass is 19.4. The summed E-state index contributed by atoms with van der Waals surface area (Å²) in [7, 11) is 0. The van der Waals surface area contributed by atoms with E-state index >= 15 is 0 Å². The van der Waals surface area contributed by atoms with Crippen LogP contribution >= 0.6 is 0 Å². The molecule has 1 aliphatic carbocycles. The van der Waals surface area contributed by atoms with Crippen molar-refractivity contribution in [2.24, 2.45) is 5.92 Å². The standard InChI is InChI=1S/C23H18F12N2O2/c24-20(25,26)14-5-13(6-15(7-14)21(27,28)29)19(39,23(33,34)35)10-37-16-4-3-12(17(8-16)22(30,31)32)9-36-18(38)11-1-2-11/h3-8,11,37,39H,1-2,9-10H2,(H,36,38)/t19-/m0/s1. The van der Waals surface area contributed by atoms with E-state index in [4.69, 9.17) is 0 Å². The molecule has 2 aromatic rings. The SMILES string of the molecule is O=C(NCc1ccc(NC[C@](O)(c2cc(C(F)(F)F)cc(C(F)(F)F)c2)C(F)(F)F)cc1C(F)(F)F)C1CC1. The number of aliphatic hydroxyl groups is 1. The molecule has 0 bridgehead atoms. The summed E-state index contributed by atoms with van der Waals surface area (Å²) in [5.74, 6) is -0.811. The van der Waals surface area contributed by atoms with Crippen molar-refractivity contribution in [2.45, 2.75) is 49.7 Å². The van der Waals surface area contributed by atoms with Gasteiger partial charge in [0.2, 0.25) is 11.5 Å². The van der Waals surface area contributed by atoms with Crippen LogP contribution < -0.4 is 10.6 Å². The summed E-state index contributed by atoms with van der Waals surface area (Å²) in [6, 6.07) is 0.913. The van der Waals surface area contributed by atoms with Gasteiger partial charge in [-0.1, -0.05) is 6.07 Å². The second kappa shape index (κ2) is 10.1. The maximum absolute atomic E-state index is 13.9. The number of carbonyl (C=O) groups is 1. The summed E-state index contributed by atoms with van der Waals surface area (Å²) in [6.07, 6.45) is -20.8. The highest BCUT2D eigenvalue weighted by Crippen LogP contribution is 2.44. The van der Waals surface area contributed by atoms with E-state index in [1.165, 1.54) is 0 Å². The lowest BCUT2D eigenvalue weighted by molar-refractivity contribution is -0.261. The fourth-order valence-corrected chi connectivity index (χ4v) is 3.57. The third-order valence-corrected chi connectivity index (χ3v) is 5.90. The van der Waals surface area contributed by atoms with Gasteiger partial charge in [0.15, 0.2) is 0 Å². The molecule has 39 heavy (non-hydrogen) atoms. The van der Waals surface area contributed by atoms with Crippen LogP contribution in [-0.2, 0) is 35.5 Å². The summed E-state index contributed by atoms with van der Waals surface area (Å²) in [6.45, 7) is -2.41. The van der Waals surface area contributed by atoms with Crippen molar-refractivity contribution >= 4 is 11.6 Å². The third-order valence-electron chi connectivity index (χ3n) is 5.90. The monoisotopic (exact) mass is 582 g/mol. The number of nitrogens with one attached hydrogen (secondary N) is 2. The Balaban J connectivity index is 1.97. The van der Waals surface area contributed by atoms with Crippen molar-refractivity contribution in [3.63, 3.8) is 0 Å². The van der Waals surface area contributed by atoms with E-state index in [-0.39, 0.29) is 18.1 Å². The Hall–Kier alpha value is -3.17. The first-order valence-electron chi connectivity index (χ1n) is 10.9. The van der Waals surface area contributed by atoms with Gasteiger partial charge >= 0.3 is 24.7 Å². The second-order valence-corrected chi connectivity index (χ2v) is 8.87. The first kappa shape index (κ1) is 30.4. The molecule has 3 rings (SSSR count). The average molecular weight is 582 g/mol. The number of alkyl halides is 12. The van der Waals surface area contributed by atoms with Crippen LogP contribution in [0.5, 0.6) is 0 Å². The van der Waals surface area contributed by atoms with Gasteiger partial charge in [0.1, 0.15) is 0 Å². The molecule has 0 aromatic heterocycles. The first-order valence-corrected chi connectivity index (χ1v) is 10.9. The van der Waals surface area contributed by atoms with E-state index < -0.39 is 88.9 Å². The summed E-state index contributed by atoms with van der Waals surface area (Å²) >= 11 is 0. The number of anilines is 1. The molecule has 0 radical (unpaired) electrons. The average Bonchev–Trinajstić information content (AvgIpc) is 3.64. The van der Waals surface area contributed by atoms with Crippen LogP contribution in [-0.4, -0.2) is 23.7 Å². The maximum atomic E-state index is 13.9. The van der Waals surface area contributed by atoms with Crippen LogP contribution in [0.25, 0.3) is 0 Å². The highest BCUT2D eigenvalue weighted by molar-refractivity contribution is 5.80. The Bertz CT molecular complexity index is 1180. The van der Waals surface area contributed by atoms with Gasteiger partial charge in [-0.25, -0.2) is 0 Å². The van der Waals surface area contributed by atoms with Crippen molar-refractivity contribution in [1.29, 1.82) is 0 Å². The van der Waals surface area contributed by atoms with E-state index in [0.29, 0.717) is 18.9 Å². The summed E-state index contributed by atoms with van der Waals surface area (Å²) in [5.41, 5.74) is -13.0. The van der Waals surface area contributed by atoms with Crippen LogP contribution in [0.3, 0.4) is 0 Å². The number of hydrogen-bond donors (Lipinski definition) is 3. The summed E-state index contributed by atoms with van der Waals surface area (Å²) in [4.78, 5) is 11.7. The van der Waals surface area contributed by atoms with Gasteiger partial charge in [0, 0.05) is 18.2 Å². The van der Waals surface area contributed by atoms with Crippen LogP contribution in [0.1, 0.15) is 40.7 Å². The molecule has 1 amide bonds. The molecular weight excluding hydrogens is 564 g/mol. The number of carbonyl (C=O) groups excluding carboxylic acids is 1. The van der Waals surface area contributed by atoms with Crippen molar-refractivity contribution in [2.75, 3.05) is 11.9 Å². The van der Waals surface area contributed by atoms with Crippen molar-refractivity contribution in [3.8, 4) is 0 Å². The van der Waals surface area contributed by atoms with E-state index in [0.717, 1.165) is 12.1 Å². The predicted molar refractivity (Wildman–Crippen MR) is 111 cm³/mol. The van der Waals surface area contributed by atoms with Gasteiger partial charge in [-0.05, 0) is 54.3 Å². The molecule has 0 spiro atoms. The molecule has 1 fully saturated rings. The van der Waals surface area contributed by atoms with Gasteiger partial charge in [-0.15, -0.1) is 0 Å². The normalized spacial score (nSPS) is 16.5. The van der Waals surface area contributed by atoms with Crippen LogP contribution in [0.2, 0.25) is 0 Å². The largest absolute Gasteiger partial charge is 0.423 e. The molecule has 2 aromatic carbocycles. The molecular formula is C23H18F12N2O2. The smallest absolute Gasteiger partial charge is 0.381 e. The second-order valence-electron chi connectivity index (χ2n) is 8.87. The molecule has 216 valence electrons. The van der Waals surface area contributed by atoms with E-state index in [1.54, 1.807) is 0 Å². The van der Waals surface area contributed by atoms with E-state index in [1.807, 2.05) is 5.32 Å². The van der Waals surface area contributed by atoms with Crippen LogP contribution in [0, 0.1) is 5.92 Å². The molecule has 0 heterocycles. The quantitative estimate of drug-likeness (QED) is 0.322. The molecule has 1 aliphatic rings. The molecule has 0 saturated heterocycles. The van der Waals surface area contributed by atoms with Crippen LogP contribution in [0.4, 0.5) is 58.4 Å². The molecule has 16 heteroatoms. The number of benzene rings is 2. The zero-order chi connectivity index (χ0) is 29.6. The Labute approximate surface area is 212 Å². The van der Waals surface area contributed by atoms with Gasteiger partial charge in [-0.3, -0.25) is 4.79 Å². The minimum Gasteiger partial charge on any atom is -0.381 e. The zero-order valence-corrected chi connectivity index (χ0v) is 19.3. The predicted octanol–water partition coefficient (Wildman–Crippen LogP) is 6.63. The molecule has 1 atom stereocenters. The van der Waals surface area contributed by atoms with Gasteiger partial charge in [-0.2, -0.15) is 52.7 Å². The lowest BCUT2D eigenvalue weighted by atomic mass is 9.89. The topological polar surface area (TPSA) is 61.4 Å². The summed E-state index contributed by atoms with van der Waals surface area (Å²) in [5, 5.41) is 14.5. The lowest BCUT2D eigenvalue weighted by Gasteiger charge is -2.32. The Morgan fingerprint density at radius 3 is 1.72 bits per heavy atom. The Morgan fingerprint density at radius 1 is 0.769 bits per heavy atom. The number of hydrogen-bond acceptors (Lipinski definition) is 3. The fraction of sp³-hybridized carbons (Fsp3) is 0.435. The Kier molecular flexibility index (Phi) is 7.86. The molecule has 0 aliphatic heterocycles. The summed E-state index contributed by atoms with van der Waals surface area (Å²) < 4.78 is 161. The number of rotatable bonds is 7. The van der Waals surface area contributed by atoms with E-state index in [2.05, 4.69) is 5.32 Å². The van der Waals surface area contributed by atoms with Crippen molar-refractivity contribution in [1.82, 2.24) is 5.32 Å². The highest BCUT2D eigenvalue weighted by Gasteiger charge is 2.56. The van der Waals surface area contributed by atoms with Crippen molar-refractivity contribution in [3.05, 3.63) is 64.2 Å². The van der Waals surface area contributed by atoms with Crippen molar-refractivity contribution < 1.29 is 62.6 Å². The van der Waals surface area contributed by atoms with Gasteiger partial charge in [0.25, 0.3) is 0 Å². The lowest BCUT2D eigenvalue weighted by Crippen LogP contribution is -2.48. The van der Waals surface area contributed by atoms with Crippen LogP contribution in [0.15, 0.2) is 36.4 Å². The van der Waals surface area contributed by atoms with E-state index in [9.17, 15) is 62.6 Å². The number of halogens is 12. The maximum Gasteiger partial charge on any atom is 0.423 e. The Morgan fingerprint density at radius 2 is 1.28 bits per heavy atom. The molecule has 4 nitrogen and oxygen atoms in total. The molecule has 3 N–H and O–H groups in total. The van der Waals surface area contributed by atoms with Gasteiger partial charge < -0.3 is 15.7 Å². The number of amides is 1. The van der Waals surface area contributed by atoms with Gasteiger partial charge in [0.05, 0.1) is 23.2 Å². The molecule has 1 saturated carbocycles. The fourth-order valence-electron chi connectivity index (χ4n) is 3.57. The third kappa shape index (κ3) is 7.08. The first-order chi connectivity index (χ1) is 17.6. The minimum atomic E-state index is -5.87. The molecule has 0 unspecified atom stereocenters. The minimum absolute atomic E-state index is 0.322.